The van der Waals surface area contributed by atoms with E-state index in [2.05, 4.69) is 17.0 Å². The Balaban J connectivity index is 1.72. The third kappa shape index (κ3) is 2.32. The van der Waals surface area contributed by atoms with Crippen LogP contribution in [-0.4, -0.2) is 17.6 Å². The second kappa shape index (κ2) is 5.62. The molecule has 1 aliphatic carbocycles. The van der Waals surface area contributed by atoms with Gasteiger partial charge in [-0.05, 0) is 56.2 Å². The number of nitrogens with zero attached hydrogens (tertiary/aromatic N) is 1. The van der Waals surface area contributed by atoms with Gasteiger partial charge in [-0.15, -0.1) is 0 Å². The molecule has 0 amide bonds. The van der Waals surface area contributed by atoms with E-state index >= 15 is 0 Å². The molecular formula is C19H25NO2. The van der Waals surface area contributed by atoms with E-state index in [4.69, 9.17) is 4.74 Å². The van der Waals surface area contributed by atoms with Gasteiger partial charge < -0.3 is 14.7 Å². The standard InChI is InChI=1S/C19H25NO2/c21-19-16(14-15-8-4-5-12-18(15)22-19)9-6-7-13-20(19)17-10-2-1-3-11-17/h1-3,10-11,16,21H,4-9,12-14H2/t16-,19+/m0/s1. The van der Waals surface area contributed by atoms with Crippen LogP contribution in [0.15, 0.2) is 41.7 Å². The van der Waals surface area contributed by atoms with Gasteiger partial charge in [0, 0.05) is 24.6 Å². The molecule has 1 aromatic rings. The van der Waals surface area contributed by atoms with Gasteiger partial charge in [0.15, 0.2) is 0 Å². The molecule has 2 aliphatic heterocycles. The lowest BCUT2D eigenvalue weighted by atomic mass is 9.83. The number of benzene rings is 1. The van der Waals surface area contributed by atoms with Crippen LogP contribution in [0.1, 0.15) is 51.4 Å². The van der Waals surface area contributed by atoms with Crippen molar-refractivity contribution in [3.63, 3.8) is 0 Å². The van der Waals surface area contributed by atoms with Gasteiger partial charge in [0.25, 0.3) is 5.91 Å². The lowest BCUT2D eigenvalue weighted by Crippen LogP contribution is -2.57. The summed E-state index contributed by atoms with van der Waals surface area (Å²) in [5.74, 6) is 0.105. The summed E-state index contributed by atoms with van der Waals surface area (Å²) in [5.41, 5.74) is 2.53. The fourth-order valence-electron chi connectivity index (χ4n) is 4.28. The van der Waals surface area contributed by atoms with Crippen molar-refractivity contribution >= 4 is 5.69 Å². The molecule has 2 atom stereocenters. The molecule has 4 rings (SSSR count). The molecule has 0 radical (unpaired) electrons. The zero-order chi connectivity index (χ0) is 15.0. The van der Waals surface area contributed by atoms with Crippen LogP contribution in [0.2, 0.25) is 0 Å². The van der Waals surface area contributed by atoms with Gasteiger partial charge >= 0.3 is 0 Å². The van der Waals surface area contributed by atoms with Crippen molar-refractivity contribution < 1.29 is 9.84 Å². The van der Waals surface area contributed by atoms with Gasteiger partial charge in [-0.25, -0.2) is 0 Å². The largest absolute Gasteiger partial charge is 0.449 e. The zero-order valence-corrected chi connectivity index (χ0v) is 13.1. The number of fused-ring (bicyclic) bond motifs is 1. The van der Waals surface area contributed by atoms with Gasteiger partial charge in [0.2, 0.25) is 0 Å². The van der Waals surface area contributed by atoms with E-state index in [0.29, 0.717) is 0 Å². The predicted molar refractivity (Wildman–Crippen MR) is 87.3 cm³/mol. The minimum Gasteiger partial charge on any atom is -0.449 e. The Kier molecular flexibility index (Phi) is 3.61. The first-order valence-corrected chi connectivity index (χ1v) is 8.72. The van der Waals surface area contributed by atoms with Crippen LogP contribution in [0.25, 0.3) is 0 Å². The van der Waals surface area contributed by atoms with Crippen molar-refractivity contribution in [2.24, 2.45) is 5.92 Å². The van der Waals surface area contributed by atoms with Crippen LogP contribution in [0.3, 0.4) is 0 Å². The maximum atomic E-state index is 11.5. The number of hydrogen-bond donors (Lipinski definition) is 1. The van der Waals surface area contributed by atoms with Gasteiger partial charge in [0.1, 0.15) is 5.76 Å². The molecule has 0 aromatic heterocycles. The van der Waals surface area contributed by atoms with Crippen LogP contribution < -0.4 is 4.90 Å². The van der Waals surface area contributed by atoms with Crippen molar-refractivity contribution in [3.05, 3.63) is 41.7 Å². The molecule has 0 spiro atoms. The first-order valence-electron chi connectivity index (χ1n) is 8.72. The van der Waals surface area contributed by atoms with Gasteiger partial charge in [0.05, 0.1) is 0 Å². The van der Waals surface area contributed by atoms with E-state index in [1.165, 1.54) is 24.8 Å². The van der Waals surface area contributed by atoms with E-state index in [1.807, 2.05) is 18.2 Å². The van der Waals surface area contributed by atoms with Crippen molar-refractivity contribution in [1.29, 1.82) is 0 Å². The average molecular weight is 299 g/mol. The summed E-state index contributed by atoms with van der Waals surface area (Å²) in [7, 11) is 0. The molecule has 1 aromatic carbocycles. The molecule has 22 heavy (non-hydrogen) atoms. The van der Waals surface area contributed by atoms with Gasteiger partial charge in [-0.3, -0.25) is 0 Å². The number of rotatable bonds is 1. The normalized spacial score (nSPS) is 31.9. The van der Waals surface area contributed by atoms with Crippen molar-refractivity contribution in [3.8, 4) is 0 Å². The highest BCUT2D eigenvalue weighted by Crippen LogP contribution is 2.47. The Hall–Kier alpha value is -1.48. The quantitative estimate of drug-likeness (QED) is 0.844. The molecule has 3 nitrogen and oxygen atoms in total. The number of ether oxygens (including phenoxy) is 1. The fourth-order valence-corrected chi connectivity index (χ4v) is 4.28. The highest BCUT2D eigenvalue weighted by atomic mass is 16.7. The third-order valence-corrected chi connectivity index (χ3v) is 5.46. The van der Waals surface area contributed by atoms with Crippen molar-refractivity contribution in [2.45, 2.75) is 57.3 Å². The molecule has 0 saturated carbocycles. The number of anilines is 1. The summed E-state index contributed by atoms with van der Waals surface area (Å²) >= 11 is 0. The summed E-state index contributed by atoms with van der Waals surface area (Å²) in [6, 6.07) is 10.2. The summed E-state index contributed by atoms with van der Waals surface area (Å²) in [6.07, 6.45) is 8.96. The SMILES string of the molecule is O[C@@]12OC3=C(CCCC3)C[C@@H]1CCCCN2c1ccccc1. The highest BCUT2D eigenvalue weighted by Gasteiger charge is 2.50. The maximum Gasteiger partial charge on any atom is 0.295 e. The minimum absolute atomic E-state index is 0.187. The smallest absolute Gasteiger partial charge is 0.295 e. The Labute approximate surface area is 132 Å². The lowest BCUT2D eigenvalue weighted by Gasteiger charge is -2.48. The van der Waals surface area contributed by atoms with Gasteiger partial charge in [-0.1, -0.05) is 24.6 Å². The summed E-state index contributed by atoms with van der Waals surface area (Å²) in [4.78, 5) is 2.10. The van der Waals surface area contributed by atoms with Crippen LogP contribution in [-0.2, 0) is 4.74 Å². The first kappa shape index (κ1) is 14.1. The van der Waals surface area contributed by atoms with Crippen LogP contribution in [0.4, 0.5) is 5.69 Å². The third-order valence-electron chi connectivity index (χ3n) is 5.46. The zero-order valence-electron chi connectivity index (χ0n) is 13.1. The van der Waals surface area contributed by atoms with Crippen LogP contribution in [0.5, 0.6) is 0 Å². The van der Waals surface area contributed by atoms with Crippen molar-refractivity contribution in [1.82, 2.24) is 0 Å². The molecular weight excluding hydrogens is 274 g/mol. The van der Waals surface area contributed by atoms with Crippen LogP contribution >= 0.6 is 0 Å². The van der Waals surface area contributed by atoms with E-state index in [9.17, 15) is 5.11 Å². The highest BCUT2D eigenvalue weighted by molar-refractivity contribution is 5.48. The molecule has 118 valence electrons. The second-order valence-electron chi connectivity index (χ2n) is 6.88. The second-order valence-corrected chi connectivity index (χ2v) is 6.88. The molecule has 3 heteroatoms. The predicted octanol–water partition coefficient (Wildman–Crippen LogP) is 4.19. The number of aliphatic hydroxyl groups is 1. The summed E-state index contributed by atoms with van der Waals surface area (Å²) in [5, 5.41) is 11.5. The molecule has 2 heterocycles. The Morgan fingerprint density at radius 1 is 1.05 bits per heavy atom. The molecule has 0 unspecified atom stereocenters. The van der Waals surface area contributed by atoms with Crippen LogP contribution in [0, 0.1) is 5.92 Å². The number of para-hydroxylation sites is 1. The Bertz CT molecular complexity index is 568. The van der Waals surface area contributed by atoms with E-state index in [1.54, 1.807) is 0 Å². The van der Waals surface area contributed by atoms with Gasteiger partial charge in [-0.2, -0.15) is 0 Å². The molecule has 1 N–H and O–H groups in total. The summed E-state index contributed by atoms with van der Waals surface area (Å²) < 4.78 is 6.29. The lowest BCUT2D eigenvalue weighted by molar-refractivity contribution is -0.224. The van der Waals surface area contributed by atoms with E-state index < -0.39 is 5.91 Å². The molecule has 1 saturated heterocycles. The fraction of sp³-hybridized carbons (Fsp3) is 0.579. The molecule has 1 fully saturated rings. The Morgan fingerprint density at radius 2 is 1.86 bits per heavy atom. The Morgan fingerprint density at radius 3 is 2.73 bits per heavy atom. The van der Waals surface area contributed by atoms with E-state index in [0.717, 1.165) is 50.1 Å². The first-order chi connectivity index (χ1) is 10.8. The monoisotopic (exact) mass is 299 g/mol. The number of hydrogen-bond acceptors (Lipinski definition) is 3. The maximum absolute atomic E-state index is 11.5. The average Bonchev–Trinajstić information content (AvgIpc) is 2.71. The van der Waals surface area contributed by atoms with E-state index in [-0.39, 0.29) is 5.92 Å². The molecule has 3 aliphatic rings. The summed E-state index contributed by atoms with van der Waals surface area (Å²) in [6.45, 7) is 0.861. The molecule has 0 bridgehead atoms. The number of allylic oxidation sites excluding steroid dienone is 2. The van der Waals surface area contributed by atoms with Crippen molar-refractivity contribution in [2.75, 3.05) is 11.4 Å². The topological polar surface area (TPSA) is 32.7 Å². The minimum atomic E-state index is -1.16.